The first-order valence-electron chi connectivity index (χ1n) is 8.35. The van der Waals surface area contributed by atoms with Gasteiger partial charge >= 0.3 is 0 Å². The lowest BCUT2D eigenvalue weighted by molar-refractivity contribution is 0.740. The molecule has 0 fully saturated rings. The minimum atomic E-state index is 0.758. The van der Waals surface area contributed by atoms with Gasteiger partial charge in [0.25, 0.3) is 0 Å². The van der Waals surface area contributed by atoms with E-state index in [2.05, 4.69) is 57.5 Å². The summed E-state index contributed by atoms with van der Waals surface area (Å²) >= 11 is 1.65. The lowest BCUT2D eigenvalue weighted by Gasteiger charge is -2.10. The van der Waals surface area contributed by atoms with Gasteiger partial charge in [0.1, 0.15) is 0 Å². The molecule has 0 radical (unpaired) electrons. The first-order chi connectivity index (χ1) is 11.9. The van der Waals surface area contributed by atoms with E-state index in [1.807, 2.05) is 24.4 Å². The van der Waals surface area contributed by atoms with Gasteiger partial charge in [-0.25, -0.2) is 0 Å². The van der Waals surface area contributed by atoms with Crippen molar-refractivity contribution in [1.82, 2.24) is 15.0 Å². The zero-order valence-electron chi connectivity index (χ0n) is 13.7. The molecule has 0 saturated carbocycles. The van der Waals surface area contributed by atoms with E-state index in [1.165, 1.54) is 28.9 Å². The molecule has 0 spiro atoms. The molecule has 0 unspecified atom stereocenters. The Morgan fingerprint density at radius 1 is 1.00 bits per heavy atom. The molecule has 124 valence electrons. The normalized spacial score (nSPS) is 13.8. The second-order valence-corrected chi connectivity index (χ2v) is 6.72. The smallest absolute Gasteiger partial charge is 0.0551 e. The quantitative estimate of drug-likeness (QED) is 0.706. The summed E-state index contributed by atoms with van der Waals surface area (Å²) in [6, 6.07) is 14.6. The number of benzene rings is 1. The van der Waals surface area contributed by atoms with Crippen molar-refractivity contribution in [3.8, 4) is 0 Å². The third kappa shape index (κ3) is 5.64. The molecule has 1 aliphatic carbocycles. The van der Waals surface area contributed by atoms with Crippen LogP contribution in [0.25, 0.3) is 0 Å². The highest BCUT2D eigenvalue weighted by atomic mass is 32.2. The average molecular weight is 337 g/mol. The van der Waals surface area contributed by atoms with Crippen LogP contribution in [-0.4, -0.2) is 11.5 Å². The first-order valence-corrected chi connectivity index (χ1v) is 9.17. The molecule has 1 heterocycles. The van der Waals surface area contributed by atoms with Crippen LogP contribution in [0.1, 0.15) is 24.1 Å². The molecule has 1 aromatic heterocycles. The molecular formula is C20H23N3S. The highest BCUT2D eigenvalue weighted by Crippen LogP contribution is 2.17. The zero-order chi connectivity index (χ0) is 16.5. The van der Waals surface area contributed by atoms with Crippen LogP contribution in [0.3, 0.4) is 0 Å². The maximum absolute atomic E-state index is 4.32. The molecule has 0 amide bonds. The molecule has 24 heavy (non-hydrogen) atoms. The Morgan fingerprint density at radius 2 is 2.00 bits per heavy atom. The van der Waals surface area contributed by atoms with E-state index in [0.29, 0.717) is 0 Å². The zero-order valence-corrected chi connectivity index (χ0v) is 14.6. The van der Waals surface area contributed by atoms with E-state index in [4.69, 9.17) is 0 Å². The molecule has 0 saturated heterocycles. The summed E-state index contributed by atoms with van der Waals surface area (Å²) in [5.41, 5.74) is 3.75. The maximum atomic E-state index is 4.32. The second-order valence-electron chi connectivity index (χ2n) is 5.75. The van der Waals surface area contributed by atoms with Crippen molar-refractivity contribution in [3.63, 3.8) is 0 Å². The van der Waals surface area contributed by atoms with Crippen LogP contribution < -0.4 is 10.0 Å². The fourth-order valence-electron chi connectivity index (χ4n) is 2.56. The van der Waals surface area contributed by atoms with Gasteiger partial charge in [-0.05, 0) is 60.2 Å². The topological polar surface area (TPSA) is 37.0 Å². The van der Waals surface area contributed by atoms with Gasteiger partial charge in [0.05, 0.1) is 5.69 Å². The van der Waals surface area contributed by atoms with Crippen LogP contribution in [0.2, 0.25) is 0 Å². The fraction of sp³-hybridized carbons (Fsp3) is 0.250. The SMILES string of the molecule is C1=CC(CNCc2cccc(SNCc3ccccn3)c2)=CCC1. The Balaban J connectivity index is 1.43. The van der Waals surface area contributed by atoms with E-state index in [0.717, 1.165) is 25.3 Å². The van der Waals surface area contributed by atoms with Crippen LogP contribution in [-0.2, 0) is 13.1 Å². The largest absolute Gasteiger partial charge is 0.309 e. The van der Waals surface area contributed by atoms with Gasteiger partial charge in [0.2, 0.25) is 0 Å². The Bertz CT molecular complexity index is 695. The van der Waals surface area contributed by atoms with Gasteiger partial charge in [-0.1, -0.05) is 36.4 Å². The summed E-state index contributed by atoms with van der Waals surface area (Å²) in [7, 11) is 0. The fourth-order valence-corrected chi connectivity index (χ4v) is 3.31. The minimum Gasteiger partial charge on any atom is -0.309 e. The monoisotopic (exact) mass is 337 g/mol. The highest BCUT2D eigenvalue weighted by molar-refractivity contribution is 7.97. The summed E-state index contributed by atoms with van der Waals surface area (Å²) in [4.78, 5) is 5.54. The van der Waals surface area contributed by atoms with Crippen molar-refractivity contribution in [2.75, 3.05) is 6.54 Å². The van der Waals surface area contributed by atoms with Crippen molar-refractivity contribution >= 4 is 11.9 Å². The van der Waals surface area contributed by atoms with Gasteiger partial charge in [-0.3, -0.25) is 9.71 Å². The van der Waals surface area contributed by atoms with E-state index in [1.54, 1.807) is 11.9 Å². The Labute approximate surface area is 148 Å². The van der Waals surface area contributed by atoms with Gasteiger partial charge < -0.3 is 5.32 Å². The standard InChI is InChI=1S/C20H23N3S/c1-2-7-17(8-3-1)14-21-15-18-9-6-11-20(13-18)24-23-16-19-10-4-5-12-22-19/h2,4-13,21,23H,1,3,14-16H2. The Kier molecular flexibility index (Phi) is 6.66. The van der Waals surface area contributed by atoms with Crippen LogP contribution in [0, 0.1) is 0 Å². The lowest BCUT2D eigenvalue weighted by atomic mass is 10.1. The molecule has 3 rings (SSSR count). The predicted molar refractivity (Wildman–Crippen MR) is 102 cm³/mol. The molecule has 1 aromatic carbocycles. The molecule has 4 heteroatoms. The van der Waals surface area contributed by atoms with Crippen molar-refractivity contribution in [2.24, 2.45) is 0 Å². The van der Waals surface area contributed by atoms with Gasteiger partial charge in [0, 0.05) is 30.7 Å². The maximum Gasteiger partial charge on any atom is 0.0551 e. The van der Waals surface area contributed by atoms with Crippen molar-refractivity contribution in [3.05, 3.63) is 83.7 Å². The number of allylic oxidation sites excluding steroid dienone is 2. The van der Waals surface area contributed by atoms with Crippen molar-refractivity contribution in [2.45, 2.75) is 30.8 Å². The van der Waals surface area contributed by atoms with Gasteiger partial charge in [-0.15, -0.1) is 0 Å². The number of hydrogen-bond donors (Lipinski definition) is 2. The molecule has 2 aromatic rings. The third-order valence-electron chi connectivity index (χ3n) is 3.80. The van der Waals surface area contributed by atoms with Gasteiger partial charge in [-0.2, -0.15) is 0 Å². The van der Waals surface area contributed by atoms with E-state index in [9.17, 15) is 0 Å². The number of aromatic nitrogens is 1. The van der Waals surface area contributed by atoms with Crippen molar-refractivity contribution in [1.29, 1.82) is 0 Å². The van der Waals surface area contributed by atoms with E-state index in [-0.39, 0.29) is 0 Å². The number of pyridine rings is 1. The highest BCUT2D eigenvalue weighted by Gasteiger charge is 2.00. The third-order valence-corrected chi connectivity index (χ3v) is 4.58. The number of nitrogens with zero attached hydrogens (tertiary/aromatic N) is 1. The summed E-state index contributed by atoms with van der Waals surface area (Å²) in [6.45, 7) is 2.58. The lowest BCUT2D eigenvalue weighted by Crippen LogP contribution is -2.16. The molecule has 1 aliphatic rings. The molecule has 0 aliphatic heterocycles. The first kappa shape index (κ1) is 17.0. The number of hydrogen-bond acceptors (Lipinski definition) is 4. The van der Waals surface area contributed by atoms with Crippen LogP contribution in [0.5, 0.6) is 0 Å². The van der Waals surface area contributed by atoms with E-state index < -0.39 is 0 Å². The van der Waals surface area contributed by atoms with Crippen LogP contribution >= 0.6 is 11.9 Å². The predicted octanol–water partition coefficient (Wildman–Crippen LogP) is 4.24. The molecule has 0 bridgehead atoms. The van der Waals surface area contributed by atoms with Crippen LogP contribution in [0.4, 0.5) is 0 Å². The minimum absolute atomic E-state index is 0.758. The van der Waals surface area contributed by atoms with Crippen LogP contribution in [0.15, 0.2) is 77.4 Å². The summed E-state index contributed by atoms with van der Waals surface area (Å²) in [5, 5.41) is 3.52. The van der Waals surface area contributed by atoms with Crippen molar-refractivity contribution < 1.29 is 0 Å². The summed E-state index contributed by atoms with van der Waals surface area (Å²) in [6.07, 6.45) is 11.0. The summed E-state index contributed by atoms with van der Waals surface area (Å²) in [5.74, 6) is 0. The molecule has 0 atom stereocenters. The second kappa shape index (κ2) is 9.42. The average Bonchev–Trinajstić information content (AvgIpc) is 2.64. The molecular weight excluding hydrogens is 314 g/mol. The number of nitrogens with one attached hydrogen (secondary N) is 2. The van der Waals surface area contributed by atoms with Gasteiger partial charge in [0.15, 0.2) is 0 Å². The molecule has 2 N–H and O–H groups in total. The molecule has 3 nitrogen and oxygen atoms in total. The summed E-state index contributed by atoms with van der Waals surface area (Å²) < 4.78 is 3.37. The number of rotatable bonds is 8. The van der Waals surface area contributed by atoms with E-state index >= 15 is 0 Å². The Hall–Kier alpha value is -1.88. The Morgan fingerprint density at radius 3 is 2.83 bits per heavy atom.